The standard InChI is InChI=1S/C8H18N2O2/c1-8(2,3)6(9)7(11)10(4)12-5/h6H,9H2,1-5H3/t6-/m1/s1. The molecule has 0 aliphatic carbocycles. The van der Waals surface area contributed by atoms with Crippen molar-refractivity contribution in [3.63, 3.8) is 0 Å². The number of hydrogen-bond donors (Lipinski definition) is 1. The molecule has 2 N–H and O–H groups in total. The predicted molar refractivity (Wildman–Crippen MR) is 47.2 cm³/mol. The number of likely N-dealkylation sites (N-methyl/N-ethyl adjacent to an activating group) is 1. The van der Waals surface area contributed by atoms with Crippen LogP contribution in [0.2, 0.25) is 0 Å². The number of rotatable bonds is 2. The zero-order chi connectivity index (χ0) is 9.94. The maximum absolute atomic E-state index is 11.4. The Morgan fingerprint density at radius 3 is 2.17 bits per heavy atom. The van der Waals surface area contributed by atoms with Crippen LogP contribution >= 0.6 is 0 Å². The fourth-order valence-corrected chi connectivity index (χ4v) is 0.656. The SMILES string of the molecule is CON(C)C(=O)[C@@H](N)C(C)(C)C. The minimum Gasteiger partial charge on any atom is -0.319 e. The highest BCUT2D eigenvalue weighted by Crippen LogP contribution is 2.18. The molecule has 0 saturated heterocycles. The van der Waals surface area contributed by atoms with Crippen molar-refractivity contribution in [2.24, 2.45) is 11.1 Å². The van der Waals surface area contributed by atoms with E-state index in [-0.39, 0.29) is 11.3 Å². The Balaban J connectivity index is 4.30. The molecule has 1 amide bonds. The summed E-state index contributed by atoms with van der Waals surface area (Å²) in [6.07, 6.45) is 0. The summed E-state index contributed by atoms with van der Waals surface area (Å²) in [6, 6.07) is -0.526. The topological polar surface area (TPSA) is 55.6 Å². The molecule has 0 aromatic rings. The summed E-state index contributed by atoms with van der Waals surface area (Å²) in [5, 5.41) is 1.15. The molecule has 0 aromatic carbocycles. The molecule has 0 spiro atoms. The molecule has 1 atom stereocenters. The van der Waals surface area contributed by atoms with Crippen LogP contribution in [-0.2, 0) is 9.63 Å². The first-order valence-electron chi connectivity index (χ1n) is 3.88. The van der Waals surface area contributed by atoms with Gasteiger partial charge < -0.3 is 5.73 Å². The van der Waals surface area contributed by atoms with Crippen LogP contribution in [0.5, 0.6) is 0 Å². The lowest BCUT2D eigenvalue weighted by molar-refractivity contribution is -0.172. The minimum absolute atomic E-state index is 0.204. The van der Waals surface area contributed by atoms with Gasteiger partial charge in [0, 0.05) is 7.05 Å². The van der Waals surface area contributed by atoms with E-state index in [0.29, 0.717) is 0 Å². The quantitative estimate of drug-likeness (QED) is 0.616. The molecule has 12 heavy (non-hydrogen) atoms. The fourth-order valence-electron chi connectivity index (χ4n) is 0.656. The number of nitrogens with two attached hydrogens (primary N) is 1. The van der Waals surface area contributed by atoms with Crippen molar-refractivity contribution >= 4 is 5.91 Å². The van der Waals surface area contributed by atoms with Gasteiger partial charge in [0.2, 0.25) is 0 Å². The van der Waals surface area contributed by atoms with E-state index >= 15 is 0 Å². The number of nitrogens with zero attached hydrogens (tertiary/aromatic N) is 1. The normalized spacial score (nSPS) is 14.2. The molecule has 0 aliphatic heterocycles. The smallest absolute Gasteiger partial charge is 0.263 e. The molecule has 0 unspecified atom stereocenters. The van der Waals surface area contributed by atoms with Crippen LogP contribution in [0.4, 0.5) is 0 Å². The van der Waals surface area contributed by atoms with E-state index in [9.17, 15) is 4.79 Å². The van der Waals surface area contributed by atoms with E-state index in [1.54, 1.807) is 7.05 Å². The third-order valence-electron chi connectivity index (χ3n) is 1.78. The molecule has 0 rings (SSSR count). The minimum atomic E-state index is -0.526. The number of hydroxylamine groups is 2. The molecular weight excluding hydrogens is 156 g/mol. The molecule has 72 valence electrons. The highest BCUT2D eigenvalue weighted by Gasteiger charge is 2.29. The summed E-state index contributed by atoms with van der Waals surface area (Å²) in [6.45, 7) is 5.75. The van der Waals surface area contributed by atoms with E-state index in [2.05, 4.69) is 0 Å². The van der Waals surface area contributed by atoms with E-state index in [1.807, 2.05) is 20.8 Å². The molecular formula is C8H18N2O2. The van der Waals surface area contributed by atoms with Crippen molar-refractivity contribution in [3.05, 3.63) is 0 Å². The summed E-state index contributed by atoms with van der Waals surface area (Å²) < 4.78 is 0. The first-order valence-corrected chi connectivity index (χ1v) is 3.88. The van der Waals surface area contributed by atoms with Crippen molar-refractivity contribution in [1.82, 2.24) is 5.06 Å². The van der Waals surface area contributed by atoms with E-state index in [0.717, 1.165) is 5.06 Å². The van der Waals surface area contributed by atoms with Gasteiger partial charge in [0.15, 0.2) is 0 Å². The highest BCUT2D eigenvalue weighted by atomic mass is 16.7. The molecule has 0 bridgehead atoms. The van der Waals surface area contributed by atoms with Gasteiger partial charge in [-0.05, 0) is 5.41 Å². The Morgan fingerprint density at radius 2 is 1.92 bits per heavy atom. The van der Waals surface area contributed by atoms with Crippen molar-refractivity contribution in [2.45, 2.75) is 26.8 Å². The second-order valence-electron chi connectivity index (χ2n) is 3.86. The molecule has 4 nitrogen and oxygen atoms in total. The Bertz CT molecular complexity index is 163. The average Bonchev–Trinajstić information content (AvgIpc) is 1.98. The largest absolute Gasteiger partial charge is 0.319 e. The van der Waals surface area contributed by atoms with Crippen LogP contribution < -0.4 is 5.73 Å². The van der Waals surface area contributed by atoms with Gasteiger partial charge in [-0.15, -0.1) is 0 Å². The lowest BCUT2D eigenvalue weighted by Crippen LogP contribution is -2.48. The molecule has 4 heteroatoms. The zero-order valence-electron chi connectivity index (χ0n) is 8.42. The van der Waals surface area contributed by atoms with Gasteiger partial charge >= 0.3 is 0 Å². The van der Waals surface area contributed by atoms with Gasteiger partial charge in [0.05, 0.1) is 13.2 Å². The van der Waals surface area contributed by atoms with Crippen molar-refractivity contribution in [2.75, 3.05) is 14.2 Å². The molecule has 0 radical (unpaired) electrons. The van der Waals surface area contributed by atoms with Crippen LogP contribution in [0.25, 0.3) is 0 Å². The summed E-state index contributed by atoms with van der Waals surface area (Å²) in [5.41, 5.74) is 5.47. The Kier molecular flexibility index (Phi) is 3.67. The first-order chi connectivity index (χ1) is 5.30. The number of carbonyl (C=O) groups excluding carboxylic acids is 1. The molecule has 0 fully saturated rings. The van der Waals surface area contributed by atoms with Gasteiger partial charge in [0.25, 0.3) is 5.91 Å². The average molecular weight is 174 g/mol. The third kappa shape index (κ3) is 2.79. The lowest BCUT2D eigenvalue weighted by atomic mass is 9.87. The van der Waals surface area contributed by atoms with Gasteiger partial charge in [-0.25, -0.2) is 5.06 Å². The van der Waals surface area contributed by atoms with Crippen LogP contribution in [0.15, 0.2) is 0 Å². The van der Waals surface area contributed by atoms with Gasteiger partial charge in [-0.1, -0.05) is 20.8 Å². The maximum Gasteiger partial charge on any atom is 0.263 e. The summed E-state index contributed by atoms with van der Waals surface area (Å²) in [7, 11) is 2.99. The van der Waals surface area contributed by atoms with E-state index in [1.165, 1.54) is 7.11 Å². The Labute approximate surface area is 73.6 Å². The predicted octanol–water partition coefficient (Wildman–Crippen LogP) is 0.380. The summed E-state index contributed by atoms with van der Waals surface area (Å²) >= 11 is 0. The van der Waals surface area contributed by atoms with Crippen LogP contribution in [-0.4, -0.2) is 31.2 Å². The summed E-state index contributed by atoms with van der Waals surface area (Å²) in [4.78, 5) is 16.1. The van der Waals surface area contributed by atoms with Gasteiger partial charge in [-0.2, -0.15) is 0 Å². The molecule has 0 aromatic heterocycles. The zero-order valence-corrected chi connectivity index (χ0v) is 8.42. The fraction of sp³-hybridized carbons (Fsp3) is 0.875. The molecule has 0 heterocycles. The number of hydrogen-bond acceptors (Lipinski definition) is 3. The second-order valence-corrected chi connectivity index (χ2v) is 3.86. The van der Waals surface area contributed by atoms with Crippen LogP contribution in [0, 0.1) is 5.41 Å². The lowest BCUT2D eigenvalue weighted by Gasteiger charge is -2.28. The van der Waals surface area contributed by atoms with E-state index in [4.69, 9.17) is 10.6 Å². The van der Waals surface area contributed by atoms with Crippen molar-refractivity contribution < 1.29 is 9.63 Å². The Hall–Kier alpha value is -0.610. The van der Waals surface area contributed by atoms with Gasteiger partial charge in [-0.3, -0.25) is 9.63 Å². The maximum atomic E-state index is 11.4. The molecule has 0 aliphatic rings. The van der Waals surface area contributed by atoms with Gasteiger partial charge in [0.1, 0.15) is 0 Å². The highest BCUT2D eigenvalue weighted by molar-refractivity contribution is 5.81. The molecule has 0 saturated carbocycles. The number of amides is 1. The first kappa shape index (κ1) is 11.4. The summed E-state index contributed by atoms with van der Waals surface area (Å²) in [5.74, 6) is -0.204. The monoisotopic (exact) mass is 174 g/mol. The van der Waals surface area contributed by atoms with Crippen LogP contribution in [0.3, 0.4) is 0 Å². The number of carbonyl (C=O) groups is 1. The second kappa shape index (κ2) is 3.87. The van der Waals surface area contributed by atoms with E-state index < -0.39 is 6.04 Å². The Morgan fingerprint density at radius 1 is 1.50 bits per heavy atom. The van der Waals surface area contributed by atoms with Crippen molar-refractivity contribution in [3.8, 4) is 0 Å². The third-order valence-corrected chi connectivity index (χ3v) is 1.78. The van der Waals surface area contributed by atoms with Crippen LogP contribution in [0.1, 0.15) is 20.8 Å². The van der Waals surface area contributed by atoms with Crippen molar-refractivity contribution in [1.29, 1.82) is 0 Å².